The molecule has 0 spiro atoms. The molecule has 1 aliphatic rings. The van der Waals surface area contributed by atoms with Gasteiger partial charge in [-0.25, -0.2) is 0 Å². The molecule has 0 bridgehead atoms. The van der Waals surface area contributed by atoms with Crippen molar-refractivity contribution in [1.82, 2.24) is 0 Å². The van der Waals surface area contributed by atoms with Crippen molar-refractivity contribution in [1.29, 1.82) is 0 Å². The lowest BCUT2D eigenvalue weighted by Crippen LogP contribution is -1.84. The molecule has 1 aliphatic heterocycles. The number of hydrogen-bond donors (Lipinski definition) is 0. The van der Waals surface area contributed by atoms with Crippen molar-refractivity contribution < 1.29 is 0 Å². The molecule has 1 heterocycles. The number of hydrogen-bond acceptors (Lipinski definition) is 0. The van der Waals surface area contributed by atoms with E-state index in [9.17, 15) is 0 Å². The van der Waals surface area contributed by atoms with E-state index in [1.54, 1.807) is 0 Å². The Kier molecular flexibility index (Phi) is 4.28. The molecule has 0 atom stereocenters. The van der Waals surface area contributed by atoms with Gasteiger partial charge < -0.3 is 0 Å². The average Bonchev–Trinajstić information content (AvgIpc) is 2.49. The summed E-state index contributed by atoms with van der Waals surface area (Å²) in [4.78, 5) is 0. The molecule has 0 saturated carbocycles. The standard InChI is InChI=1S/C17H12I2/c18-17-7-5-15(6-8-17)13-1-3-14(4-2-13)16-9-11-19-12-10-16/h1-12H. The third-order valence-corrected chi connectivity index (χ3v) is 5.30. The van der Waals surface area contributed by atoms with E-state index in [0.717, 1.165) is 0 Å². The lowest BCUT2D eigenvalue weighted by Gasteiger charge is -2.06. The maximum Gasteiger partial charge on any atom is 0.0130 e. The van der Waals surface area contributed by atoms with Gasteiger partial charge in [-0.3, -0.25) is 0 Å². The molecule has 0 aliphatic carbocycles. The van der Waals surface area contributed by atoms with Crippen LogP contribution >= 0.6 is 43.3 Å². The number of allylic oxidation sites excluding steroid dienone is 3. The minimum Gasteiger partial charge on any atom is -0.0937 e. The lowest BCUT2D eigenvalue weighted by atomic mass is 10.0. The molecule has 0 nitrogen and oxygen atoms in total. The van der Waals surface area contributed by atoms with Gasteiger partial charge in [0.05, 0.1) is 0 Å². The first kappa shape index (κ1) is 13.2. The first-order valence-corrected chi connectivity index (χ1v) is 9.58. The molecule has 94 valence electrons. The summed E-state index contributed by atoms with van der Waals surface area (Å²) in [5.41, 5.74) is 5.17. The van der Waals surface area contributed by atoms with Crippen molar-refractivity contribution in [2.24, 2.45) is 0 Å². The molecule has 0 aromatic heterocycles. The van der Waals surface area contributed by atoms with Crippen molar-refractivity contribution >= 4 is 52.9 Å². The van der Waals surface area contributed by atoms with Gasteiger partial charge in [0, 0.05) is 3.57 Å². The van der Waals surface area contributed by atoms with Crippen LogP contribution in [0.25, 0.3) is 16.7 Å². The molecule has 19 heavy (non-hydrogen) atoms. The predicted octanol–water partition coefficient (Wildman–Crippen LogP) is 5.64. The van der Waals surface area contributed by atoms with Gasteiger partial charge in [-0.1, -0.05) is 57.1 Å². The summed E-state index contributed by atoms with van der Waals surface area (Å²) < 4.78 is 5.89. The van der Waals surface area contributed by atoms with Gasteiger partial charge in [0.15, 0.2) is 0 Å². The molecule has 0 unspecified atom stereocenters. The van der Waals surface area contributed by atoms with Gasteiger partial charge in [-0.2, -0.15) is 0 Å². The number of halogens is 2. The maximum atomic E-state index is 2.33. The van der Waals surface area contributed by atoms with Crippen molar-refractivity contribution in [3.63, 3.8) is 0 Å². The first-order chi connectivity index (χ1) is 9.33. The first-order valence-electron chi connectivity index (χ1n) is 6.01. The number of benzene rings is 2. The smallest absolute Gasteiger partial charge is 0.0130 e. The highest BCUT2D eigenvalue weighted by molar-refractivity contribution is 14.2. The molecule has 0 fully saturated rings. The molecular formula is C17H12I2. The van der Waals surface area contributed by atoms with Crippen molar-refractivity contribution in [3.8, 4) is 11.1 Å². The van der Waals surface area contributed by atoms with Gasteiger partial charge in [0.25, 0.3) is 0 Å². The van der Waals surface area contributed by atoms with Crippen LogP contribution in [0, 0.1) is 3.57 Å². The summed E-state index contributed by atoms with van der Waals surface area (Å²) in [6.45, 7) is 0. The van der Waals surface area contributed by atoms with Crippen LogP contribution in [-0.2, 0) is 0 Å². The summed E-state index contributed by atoms with van der Waals surface area (Å²) in [6.07, 6.45) is 4.49. The fraction of sp³-hybridized carbons (Fsp3) is 0. The molecule has 0 radical (unpaired) electrons. The molecular weight excluding hydrogens is 458 g/mol. The summed E-state index contributed by atoms with van der Waals surface area (Å²) in [5.74, 6) is 0. The van der Waals surface area contributed by atoms with E-state index in [4.69, 9.17) is 0 Å². The Hall–Kier alpha value is -0.750. The van der Waals surface area contributed by atoms with Crippen LogP contribution in [0.2, 0.25) is 0 Å². The van der Waals surface area contributed by atoms with Crippen molar-refractivity contribution in [2.75, 3.05) is 0 Å². The lowest BCUT2D eigenvalue weighted by molar-refractivity contribution is 1.57. The summed E-state index contributed by atoms with van der Waals surface area (Å²) in [7, 11) is 0. The summed E-state index contributed by atoms with van der Waals surface area (Å²) in [6, 6.07) is 17.5. The normalized spacial score (nSPS) is 13.8. The zero-order valence-electron chi connectivity index (χ0n) is 10.2. The highest BCUT2D eigenvalue weighted by Gasteiger charge is 2.01. The van der Waals surface area contributed by atoms with Crippen LogP contribution < -0.4 is 0 Å². The molecule has 3 rings (SSSR count). The minimum atomic E-state index is 0.167. The van der Waals surface area contributed by atoms with Crippen molar-refractivity contribution in [2.45, 2.75) is 0 Å². The Morgan fingerprint density at radius 2 is 1.32 bits per heavy atom. The Balaban J connectivity index is 1.90. The van der Waals surface area contributed by atoms with Gasteiger partial charge in [-0.15, -0.1) is 0 Å². The van der Waals surface area contributed by atoms with E-state index in [1.807, 2.05) is 0 Å². The average molecular weight is 470 g/mol. The fourth-order valence-electron chi connectivity index (χ4n) is 2.00. The second-order valence-corrected chi connectivity index (χ2v) is 7.65. The number of rotatable bonds is 2. The molecule has 0 saturated heterocycles. The quantitative estimate of drug-likeness (QED) is 0.499. The third kappa shape index (κ3) is 3.23. The van der Waals surface area contributed by atoms with Crippen molar-refractivity contribution in [3.05, 3.63) is 73.9 Å². The second-order valence-electron chi connectivity index (χ2n) is 4.25. The van der Waals surface area contributed by atoms with Crippen LogP contribution in [0.5, 0.6) is 0 Å². The highest BCUT2D eigenvalue weighted by atomic mass is 127. The monoisotopic (exact) mass is 470 g/mol. The van der Waals surface area contributed by atoms with E-state index < -0.39 is 0 Å². The zero-order valence-corrected chi connectivity index (χ0v) is 14.5. The van der Waals surface area contributed by atoms with Crippen LogP contribution in [0.1, 0.15) is 5.56 Å². The Morgan fingerprint density at radius 3 is 1.89 bits per heavy atom. The van der Waals surface area contributed by atoms with Gasteiger partial charge in [0.2, 0.25) is 0 Å². The fourth-order valence-corrected chi connectivity index (χ4v) is 3.79. The molecule has 0 amide bonds. The van der Waals surface area contributed by atoms with E-state index in [2.05, 4.69) is 91.4 Å². The van der Waals surface area contributed by atoms with Gasteiger partial charge >= 0.3 is 0 Å². The van der Waals surface area contributed by atoms with Crippen LogP contribution in [0.15, 0.2) is 64.8 Å². The minimum absolute atomic E-state index is 0.167. The Labute approximate surface area is 137 Å². The van der Waals surface area contributed by atoms with Crippen LogP contribution in [0.3, 0.4) is 0 Å². The zero-order chi connectivity index (χ0) is 13.1. The van der Waals surface area contributed by atoms with Crippen LogP contribution in [0.4, 0.5) is 0 Å². The summed E-state index contributed by atoms with van der Waals surface area (Å²) >= 11 is 2.50. The molecule has 2 heteroatoms. The third-order valence-electron chi connectivity index (χ3n) is 3.03. The van der Waals surface area contributed by atoms with E-state index >= 15 is 0 Å². The van der Waals surface area contributed by atoms with E-state index in [-0.39, 0.29) is 20.7 Å². The molecule has 2 aromatic rings. The Morgan fingerprint density at radius 1 is 0.737 bits per heavy atom. The second kappa shape index (κ2) is 6.13. The molecule has 0 N–H and O–H groups in total. The highest BCUT2D eigenvalue weighted by Crippen LogP contribution is 2.25. The summed E-state index contributed by atoms with van der Waals surface area (Å²) in [5, 5.41) is 0. The van der Waals surface area contributed by atoms with E-state index in [1.165, 1.54) is 25.8 Å². The maximum absolute atomic E-state index is 2.33. The van der Waals surface area contributed by atoms with Gasteiger partial charge in [-0.05, 0) is 77.2 Å². The van der Waals surface area contributed by atoms with E-state index in [0.29, 0.717) is 0 Å². The topological polar surface area (TPSA) is 0 Å². The van der Waals surface area contributed by atoms with Crippen LogP contribution in [-0.4, -0.2) is 4.01 Å². The largest absolute Gasteiger partial charge is 0.0937 e. The van der Waals surface area contributed by atoms with Gasteiger partial charge in [0.1, 0.15) is 0 Å². The SMILES string of the molecule is Ic1ccc(-c2ccc(C3=CC=IC=C3)cc2)cc1. The molecule has 2 aromatic carbocycles. The Bertz CT molecular complexity index is 659. The predicted molar refractivity (Wildman–Crippen MR) is 102 cm³/mol.